The van der Waals surface area contributed by atoms with Crippen molar-refractivity contribution in [3.05, 3.63) is 60.8 Å². The van der Waals surface area contributed by atoms with Crippen LogP contribution in [0.3, 0.4) is 0 Å². The molecule has 1 unspecified atom stereocenters. The molecule has 62 heavy (non-hydrogen) atoms. The molecule has 0 amide bonds. The molecule has 0 saturated carbocycles. The van der Waals surface area contributed by atoms with E-state index in [1.165, 1.54) is 154 Å². The maximum Gasteiger partial charge on any atom is 0.306 e. The maximum atomic E-state index is 12.8. The van der Waals surface area contributed by atoms with Gasteiger partial charge in [0.15, 0.2) is 6.10 Å². The molecule has 5 heteroatoms. The highest BCUT2D eigenvalue weighted by atomic mass is 16.6. The van der Waals surface area contributed by atoms with Crippen molar-refractivity contribution in [1.29, 1.82) is 0 Å². The molecule has 0 aliphatic rings. The number of hydrogen-bond acceptors (Lipinski definition) is 5. The van der Waals surface area contributed by atoms with E-state index < -0.39 is 6.10 Å². The van der Waals surface area contributed by atoms with E-state index in [1.54, 1.807) is 0 Å². The zero-order valence-electron chi connectivity index (χ0n) is 41.4. The predicted molar refractivity (Wildman–Crippen MR) is 270 cm³/mol. The van der Waals surface area contributed by atoms with Gasteiger partial charge in [0, 0.05) is 19.4 Å². The Morgan fingerprint density at radius 3 is 1.19 bits per heavy atom. The number of hydrogen-bond donors (Lipinski definition) is 0. The Balaban J connectivity index is 4.23. The number of unbranched alkanes of at least 4 members (excludes halogenated alkanes) is 28. The highest BCUT2D eigenvalue weighted by Gasteiger charge is 2.17. The highest BCUT2D eigenvalue weighted by molar-refractivity contribution is 5.70. The molecule has 0 aromatic rings. The molecule has 0 aromatic carbocycles. The van der Waals surface area contributed by atoms with Crippen molar-refractivity contribution >= 4 is 11.9 Å². The minimum absolute atomic E-state index is 0.0792. The van der Waals surface area contributed by atoms with Crippen LogP contribution in [0.1, 0.15) is 265 Å². The summed E-state index contributed by atoms with van der Waals surface area (Å²) in [6.07, 6.45) is 66.6. The Bertz CT molecular complexity index is 1070. The van der Waals surface area contributed by atoms with E-state index in [0.29, 0.717) is 19.4 Å². The second-order valence-electron chi connectivity index (χ2n) is 17.8. The van der Waals surface area contributed by atoms with Gasteiger partial charge in [0.05, 0.1) is 6.61 Å². The molecule has 0 bridgehead atoms. The third kappa shape index (κ3) is 50.2. The van der Waals surface area contributed by atoms with E-state index in [1.807, 2.05) is 0 Å². The van der Waals surface area contributed by atoms with Crippen molar-refractivity contribution in [3.63, 3.8) is 0 Å². The van der Waals surface area contributed by atoms with E-state index >= 15 is 0 Å². The molecule has 0 heterocycles. The minimum atomic E-state index is -0.541. The lowest BCUT2D eigenvalue weighted by Crippen LogP contribution is -2.30. The molecule has 1 atom stereocenters. The van der Waals surface area contributed by atoms with Gasteiger partial charge in [-0.15, -0.1) is 0 Å². The van der Waals surface area contributed by atoms with Gasteiger partial charge in [-0.05, 0) is 83.5 Å². The van der Waals surface area contributed by atoms with E-state index in [2.05, 4.69) is 81.5 Å². The summed E-state index contributed by atoms with van der Waals surface area (Å²) in [7, 11) is 0. The number of carbonyl (C=O) groups excluding carboxylic acids is 2. The summed E-state index contributed by atoms with van der Waals surface area (Å²) >= 11 is 0. The van der Waals surface area contributed by atoms with Gasteiger partial charge in [0.1, 0.15) is 6.61 Å². The third-order valence-corrected chi connectivity index (χ3v) is 11.5. The lowest BCUT2D eigenvalue weighted by Gasteiger charge is -2.18. The van der Waals surface area contributed by atoms with E-state index in [-0.39, 0.29) is 25.2 Å². The standard InChI is InChI=1S/C57H102O5/c1-4-7-10-13-16-19-22-24-26-28-30-32-34-37-40-43-46-49-52-60-53-55(62-57(59)51-48-45-42-39-35-21-18-15-12-9-6-3)54-61-56(58)50-47-44-41-38-36-33-31-29-27-25-23-20-17-14-11-8-5-2/h8,11,16-17,19-20,24-27,55H,4-7,9-10,12-15,18,21-23,28-54H2,1-3H3/b11-8-,19-16-,20-17-,26-24-,27-25-. The number of allylic oxidation sites excluding steroid dienone is 10. The van der Waals surface area contributed by atoms with Crippen molar-refractivity contribution in [2.75, 3.05) is 19.8 Å². The van der Waals surface area contributed by atoms with Gasteiger partial charge < -0.3 is 14.2 Å². The Labute approximate surface area is 385 Å². The molecule has 0 aromatic heterocycles. The third-order valence-electron chi connectivity index (χ3n) is 11.5. The van der Waals surface area contributed by atoms with E-state index in [4.69, 9.17) is 14.2 Å². The van der Waals surface area contributed by atoms with Crippen LogP contribution in [0.2, 0.25) is 0 Å². The van der Waals surface area contributed by atoms with Gasteiger partial charge in [-0.3, -0.25) is 9.59 Å². The molecule has 0 radical (unpaired) electrons. The van der Waals surface area contributed by atoms with Crippen molar-refractivity contribution < 1.29 is 23.8 Å². The fraction of sp³-hybridized carbons (Fsp3) is 0.789. The van der Waals surface area contributed by atoms with Gasteiger partial charge >= 0.3 is 11.9 Å². The number of rotatable bonds is 49. The number of ether oxygens (including phenoxy) is 3. The molecular formula is C57H102O5. The van der Waals surface area contributed by atoms with Gasteiger partial charge in [-0.2, -0.15) is 0 Å². The average Bonchev–Trinajstić information content (AvgIpc) is 3.27. The van der Waals surface area contributed by atoms with Crippen LogP contribution in [-0.4, -0.2) is 37.9 Å². The largest absolute Gasteiger partial charge is 0.462 e. The Hall–Kier alpha value is -2.40. The molecule has 0 rings (SSSR count). The zero-order chi connectivity index (χ0) is 44.9. The molecule has 0 N–H and O–H groups in total. The summed E-state index contributed by atoms with van der Waals surface area (Å²) < 4.78 is 17.4. The molecular weight excluding hydrogens is 765 g/mol. The minimum Gasteiger partial charge on any atom is -0.462 e. The monoisotopic (exact) mass is 867 g/mol. The number of carbonyl (C=O) groups is 2. The summed E-state index contributed by atoms with van der Waals surface area (Å²) in [6, 6.07) is 0. The van der Waals surface area contributed by atoms with Crippen molar-refractivity contribution in [2.24, 2.45) is 0 Å². The lowest BCUT2D eigenvalue weighted by molar-refractivity contribution is -0.163. The van der Waals surface area contributed by atoms with Crippen LogP contribution in [0.4, 0.5) is 0 Å². The lowest BCUT2D eigenvalue weighted by atomic mass is 10.1. The Morgan fingerprint density at radius 2 is 0.726 bits per heavy atom. The van der Waals surface area contributed by atoms with Crippen molar-refractivity contribution in [1.82, 2.24) is 0 Å². The van der Waals surface area contributed by atoms with Gasteiger partial charge in [-0.25, -0.2) is 0 Å². The summed E-state index contributed by atoms with van der Waals surface area (Å²) in [5.74, 6) is -0.404. The molecule has 0 aliphatic carbocycles. The van der Waals surface area contributed by atoms with Crippen LogP contribution in [-0.2, 0) is 23.8 Å². The Kier molecular flexibility index (Phi) is 50.9. The first kappa shape index (κ1) is 59.6. The fourth-order valence-corrected chi connectivity index (χ4v) is 7.56. The fourth-order valence-electron chi connectivity index (χ4n) is 7.56. The van der Waals surface area contributed by atoms with Crippen LogP contribution in [0.5, 0.6) is 0 Å². The SMILES string of the molecule is CC/C=C\C/C=C\C/C=C\CCCCCCCCCC(=O)OCC(COCCCCCCCCCC/C=C\C/C=C\CCCCC)OC(=O)CCCCCCCCCCCCC. The first-order valence-corrected chi connectivity index (χ1v) is 26.8. The summed E-state index contributed by atoms with van der Waals surface area (Å²) in [6.45, 7) is 7.69. The molecule has 5 nitrogen and oxygen atoms in total. The molecule has 0 fully saturated rings. The zero-order valence-corrected chi connectivity index (χ0v) is 41.4. The summed E-state index contributed by atoms with van der Waals surface area (Å²) in [4.78, 5) is 25.4. The van der Waals surface area contributed by atoms with E-state index in [0.717, 1.165) is 77.0 Å². The Morgan fingerprint density at radius 1 is 0.371 bits per heavy atom. The van der Waals surface area contributed by atoms with Gasteiger partial charge in [0.25, 0.3) is 0 Å². The smallest absolute Gasteiger partial charge is 0.306 e. The highest BCUT2D eigenvalue weighted by Crippen LogP contribution is 2.15. The molecule has 0 spiro atoms. The van der Waals surface area contributed by atoms with Crippen LogP contribution in [0.15, 0.2) is 60.8 Å². The van der Waals surface area contributed by atoms with Crippen molar-refractivity contribution in [2.45, 2.75) is 271 Å². The summed E-state index contributed by atoms with van der Waals surface area (Å²) in [5.41, 5.74) is 0. The average molecular weight is 867 g/mol. The molecule has 360 valence electrons. The van der Waals surface area contributed by atoms with Gasteiger partial charge in [-0.1, -0.05) is 229 Å². The number of esters is 2. The van der Waals surface area contributed by atoms with Crippen LogP contribution < -0.4 is 0 Å². The first-order chi connectivity index (χ1) is 30.6. The van der Waals surface area contributed by atoms with E-state index in [9.17, 15) is 9.59 Å². The quantitative estimate of drug-likeness (QED) is 0.0346. The predicted octanol–water partition coefficient (Wildman–Crippen LogP) is 18.1. The van der Waals surface area contributed by atoms with Crippen molar-refractivity contribution in [3.8, 4) is 0 Å². The van der Waals surface area contributed by atoms with Crippen LogP contribution >= 0.6 is 0 Å². The summed E-state index contributed by atoms with van der Waals surface area (Å²) in [5, 5.41) is 0. The second kappa shape index (κ2) is 52.9. The van der Waals surface area contributed by atoms with Gasteiger partial charge in [0.2, 0.25) is 0 Å². The normalized spacial score (nSPS) is 12.6. The second-order valence-corrected chi connectivity index (χ2v) is 17.8. The molecule has 0 aliphatic heterocycles. The van der Waals surface area contributed by atoms with Crippen LogP contribution in [0, 0.1) is 0 Å². The molecule has 0 saturated heterocycles. The van der Waals surface area contributed by atoms with Crippen LogP contribution in [0.25, 0.3) is 0 Å². The topological polar surface area (TPSA) is 61.8 Å². The maximum absolute atomic E-state index is 12.8. The first-order valence-electron chi connectivity index (χ1n) is 26.8.